The van der Waals surface area contributed by atoms with E-state index in [9.17, 15) is 14.0 Å². The number of urea groups is 1. The molecule has 2 aliphatic heterocycles. The van der Waals surface area contributed by atoms with Crippen LogP contribution >= 0.6 is 0 Å². The molecule has 208 valence electrons. The van der Waals surface area contributed by atoms with Crippen molar-refractivity contribution in [3.63, 3.8) is 0 Å². The molecule has 4 atom stereocenters. The van der Waals surface area contributed by atoms with E-state index in [0.29, 0.717) is 25.6 Å². The number of carbonyl (C=O) groups is 2. The number of aryl methyl sites for hydroxylation is 1. The summed E-state index contributed by atoms with van der Waals surface area (Å²) >= 11 is 0. The topological polar surface area (TPSA) is 115 Å². The second-order valence-electron chi connectivity index (χ2n) is 10.2. The van der Waals surface area contributed by atoms with Crippen LogP contribution < -0.4 is 16.4 Å². The number of halogens is 1. The summed E-state index contributed by atoms with van der Waals surface area (Å²) in [5, 5.41) is 5.61. The van der Waals surface area contributed by atoms with Crippen molar-refractivity contribution in [3.8, 4) is 0 Å². The molecule has 2 heterocycles. The molecule has 2 aliphatic rings. The highest BCUT2D eigenvalue weighted by molar-refractivity contribution is 5.74. The molecular formula is C27H43FN4O5. The van der Waals surface area contributed by atoms with Gasteiger partial charge in [0.25, 0.3) is 0 Å². The van der Waals surface area contributed by atoms with Gasteiger partial charge in [-0.2, -0.15) is 0 Å². The third-order valence-corrected chi connectivity index (χ3v) is 7.23. The molecule has 3 amide bonds. The monoisotopic (exact) mass is 522 g/mol. The van der Waals surface area contributed by atoms with Crippen LogP contribution in [0.25, 0.3) is 0 Å². The highest BCUT2D eigenvalue weighted by Gasteiger charge is 2.32. The molecule has 1 aromatic rings. The predicted molar refractivity (Wildman–Crippen MR) is 139 cm³/mol. The first-order valence-electron chi connectivity index (χ1n) is 13.4. The van der Waals surface area contributed by atoms with Gasteiger partial charge in [0.1, 0.15) is 5.82 Å². The number of likely N-dealkylation sites (tertiary alicyclic amines) is 1. The molecule has 0 aromatic heterocycles. The lowest BCUT2D eigenvalue weighted by Gasteiger charge is -2.37. The number of piperidine rings is 1. The van der Waals surface area contributed by atoms with Crippen LogP contribution in [0.2, 0.25) is 0 Å². The fourth-order valence-electron chi connectivity index (χ4n) is 5.25. The van der Waals surface area contributed by atoms with E-state index < -0.39 is 12.2 Å². The SMILES string of the molecule is COC(=O)NCCOC(c1cc(F)ccc1C)[C@@H]1CCCN(C(=O)NC[C@H](N)C[C@H]2CCCCOC2)C1. The molecular weight excluding hydrogens is 479 g/mol. The molecule has 0 aliphatic carbocycles. The molecule has 0 spiro atoms. The van der Waals surface area contributed by atoms with E-state index in [-0.39, 0.29) is 37.0 Å². The lowest BCUT2D eigenvalue weighted by atomic mass is 9.86. The van der Waals surface area contributed by atoms with Crippen molar-refractivity contribution in [1.82, 2.24) is 15.5 Å². The summed E-state index contributed by atoms with van der Waals surface area (Å²) in [6.45, 7) is 5.53. The zero-order valence-corrected chi connectivity index (χ0v) is 22.2. The molecule has 2 saturated heterocycles. The molecule has 10 heteroatoms. The van der Waals surface area contributed by atoms with Gasteiger partial charge in [-0.25, -0.2) is 14.0 Å². The van der Waals surface area contributed by atoms with Crippen molar-refractivity contribution >= 4 is 12.1 Å². The minimum absolute atomic E-state index is 0.0186. The fourth-order valence-corrected chi connectivity index (χ4v) is 5.25. The first kappa shape index (κ1) is 29.1. The zero-order valence-electron chi connectivity index (χ0n) is 22.2. The second-order valence-corrected chi connectivity index (χ2v) is 10.2. The summed E-state index contributed by atoms with van der Waals surface area (Å²) in [5.74, 6) is 0.0881. The number of rotatable bonds is 10. The normalized spacial score (nSPS) is 22.0. The highest BCUT2D eigenvalue weighted by Crippen LogP contribution is 2.35. The number of nitrogens with one attached hydrogen (secondary N) is 2. The van der Waals surface area contributed by atoms with Gasteiger partial charge < -0.3 is 35.5 Å². The maximum Gasteiger partial charge on any atom is 0.406 e. The Bertz CT molecular complexity index is 865. The van der Waals surface area contributed by atoms with Crippen LogP contribution in [0.1, 0.15) is 55.8 Å². The summed E-state index contributed by atoms with van der Waals surface area (Å²) in [6, 6.07) is 4.41. The molecule has 1 unspecified atom stereocenters. The number of hydrogen-bond acceptors (Lipinski definition) is 6. The first-order chi connectivity index (χ1) is 17.9. The Morgan fingerprint density at radius 1 is 1.24 bits per heavy atom. The number of nitrogens with zero attached hydrogens (tertiary/aromatic N) is 1. The third kappa shape index (κ3) is 9.43. The average Bonchev–Trinajstić information content (AvgIpc) is 3.17. The second kappa shape index (κ2) is 15.1. The summed E-state index contributed by atoms with van der Waals surface area (Å²) < 4.78 is 30.6. The predicted octanol–water partition coefficient (Wildman–Crippen LogP) is 3.50. The largest absolute Gasteiger partial charge is 0.453 e. The average molecular weight is 523 g/mol. The minimum atomic E-state index is -0.535. The molecule has 0 radical (unpaired) electrons. The molecule has 0 saturated carbocycles. The van der Waals surface area contributed by atoms with Crippen molar-refractivity contribution < 1.29 is 28.2 Å². The van der Waals surface area contributed by atoms with Gasteiger partial charge >= 0.3 is 12.1 Å². The van der Waals surface area contributed by atoms with Crippen LogP contribution in [0.5, 0.6) is 0 Å². The van der Waals surface area contributed by atoms with Crippen LogP contribution in [0.15, 0.2) is 18.2 Å². The van der Waals surface area contributed by atoms with E-state index in [1.165, 1.54) is 19.2 Å². The number of ether oxygens (including phenoxy) is 3. The number of alkyl carbamates (subject to hydrolysis) is 1. The summed E-state index contributed by atoms with van der Waals surface area (Å²) in [7, 11) is 1.30. The van der Waals surface area contributed by atoms with Gasteiger partial charge in [0, 0.05) is 51.4 Å². The number of benzene rings is 1. The molecule has 2 fully saturated rings. The number of carbonyl (C=O) groups excluding carboxylic acids is 2. The summed E-state index contributed by atoms with van der Waals surface area (Å²) in [6.07, 6.45) is 4.92. The maximum absolute atomic E-state index is 14.2. The molecule has 4 N–H and O–H groups in total. The molecule has 37 heavy (non-hydrogen) atoms. The van der Waals surface area contributed by atoms with E-state index in [1.807, 2.05) is 6.92 Å². The van der Waals surface area contributed by atoms with E-state index >= 15 is 0 Å². The Morgan fingerprint density at radius 3 is 2.89 bits per heavy atom. The Balaban J connectivity index is 1.57. The van der Waals surface area contributed by atoms with E-state index in [1.54, 1.807) is 11.0 Å². The number of nitrogens with two attached hydrogens (primary N) is 1. The van der Waals surface area contributed by atoms with Crippen LogP contribution in [-0.4, -0.2) is 76.2 Å². The number of hydrogen-bond donors (Lipinski definition) is 3. The Hall–Kier alpha value is -2.43. The van der Waals surface area contributed by atoms with Gasteiger partial charge in [0.05, 0.1) is 19.8 Å². The van der Waals surface area contributed by atoms with Gasteiger partial charge in [-0.05, 0) is 68.2 Å². The molecule has 0 bridgehead atoms. The summed E-state index contributed by atoms with van der Waals surface area (Å²) in [5.41, 5.74) is 8.01. The fraction of sp³-hybridized carbons (Fsp3) is 0.704. The Morgan fingerprint density at radius 2 is 2.08 bits per heavy atom. The van der Waals surface area contributed by atoms with Gasteiger partial charge in [-0.1, -0.05) is 12.5 Å². The van der Waals surface area contributed by atoms with Crippen LogP contribution in [0.3, 0.4) is 0 Å². The minimum Gasteiger partial charge on any atom is -0.453 e. The molecule has 9 nitrogen and oxygen atoms in total. The quantitative estimate of drug-likeness (QED) is 0.405. The smallest absolute Gasteiger partial charge is 0.406 e. The zero-order chi connectivity index (χ0) is 26.6. The van der Waals surface area contributed by atoms with Gasteiger partial charge in [-0.3, -0.25) is 0 Å². The summed E-state index contributed by atoms with van der Waals surface area (Å²) in [4.78, 5) is 26.2. The van der Waals surface area contributed by atoms with E-state index in [2.05, 4.69) is 15.4 Å². The third-order valence-electron chi connectivity index (χ3n) is 7.23. The maximum atomic E-state index is 14.2. The van der Waals surface area contributed by atoms with Crippen molar-refractivity contribution in [3.05, 3.63) is 35.1 Å². The Kier molecular flexibility index (Phi) is 11.9. The van der Waals surface area contributed by atoms with E-state index in [4.69, 9.17) is 15.2 Å². The number of amides is 3. The Labute approximate surface area is 219 Å². The van der Waals surface area contributed by atoms with Crippen LogP contribution in [0, 0.1) is 24.6 Å². The van der Waals surface area contributed by atoms with Crippen molar-refractivity contribution in [1.29, 1.82) is 0 Å². The van der Waals surface area contributed by atoms with Gasteiger partial charge in [0.2, 0.25) is 0 Å². The van der Waals surface area contributed by atoms with E-state index in [0.717, 1.165) is 62.9 Å². The van der Waals surface area contributed by atoms with Gasteiger partial charge in [-0.15, -0.1) is 0 Å². The molecule has 3 rings (SSSR count). The van der Waals surface area contributed by atoms with Crippen molar-refractivity contribution in [2.75, 3.05) is 53.1 Å². The van der Waals surface area contributed by atoms with Crippen molar-refractivity contribution in [2.24, 2.45) is 17.6 Å². The lowest BCUT2D eigenvalue weighted by molar-refractivity contribution is -0.00899. The highest BCUT2D eigenvalue weighted by atomic mass is 19.1. The number of methoxy groups -OCH3 is 1. The first-order valence-corrected chi connectivity index (χ1v) is 13.4. The standard InChI is InChI=1S/C27H43FN4O5/c1-19-8-9-22(28)15-24(19)25(37-13-10-30-27(34)35-2)21-7-5-11-32(17-21)26(33)31-16-23(29)14-20-6-3-4-12-36-18-20/h8-9,15,20-21,23,25H,3-7,10-14,16-18,29H2,1-2H3,(H,30,34)(H,31,33)/t20-,21-,23-,25?/m1/s1. The molecule has 1 aromatic carbocycles. The lowest BCUT2D eigenvalue weighted by Crippen LogP contribution is -2.49. The van der Waals surface area contributed by atoms with Crippen LogP contribution in [0.4, 0.5) is 14.0 Å². The van der Waals surface area contributed by atoms with Crippen LogP contribution in [-0.2, 0) is 14.2 Å². The van der Waals surface area contributed by atoms with Crippen molar-refractivity contribution in [2.45, 2.75) is 57.6 Å². The van der Waals surface area contributed by atoms with Gasteiger partial charge in [0.15, 0.2) is 0 Å².